The van der Waals surface area contributed by atoms with E-state index in [1.807, 2.05) is 13.8 Å². The third kappa shape index (κ3) is 3.90. The van der Waals surface area contributed by atoms with E-state index in [1.165, 1.54) is 11.8 Å². The van der Waals surface area contributed by atoms with Crippen molar-refractivity contribution in [3.8, 4) is 0 Å². The second kappa shape index (κ2) is 5.96. The minimum absolute atomic E-state index is 0.0132. The van der Waals surface area contributed by atoms with Crippen molar-refractivity contribution in [2.24, 2.45) is 0 Å². The van der Waals surface area contributed by atoms with Gasteiger partial charge in [0, 0.05) is 30.9 Å². The number of amides is 1. The largest absolute Gasteiger partial charge is 0.355 e. The van der Waals surface area contributed by atoms with Crippen LogP contribution >= 0.6 is 11.3 Å². The number of rotatable bonds is 5. The molecule has 5 heteroatoms. The molecule has 0 radical (unpaired) electrons. The van der Waals surface area contributed by atoms with Crippen molar-refractivity contribution in [1.82, 2.24) is 15.6 Å². The number of carbonyl (C=O) groups excluding carboxylic acids is 1. The zero-order chi connectivity index (χ0) is 12.1. The van der Waals surface area contributed by atoms with E-state index >= 15 is 0 Å². The zero-order valence-corrected chi connectivity index (χ0v) is 11.1. The van der Waals surface area contributed by atoms with Crippen molar-refractivity contribution in [2.75, 3.05) is 13.1 Å². The zero-order valence-electron chi connectivity index (χ0n) is 10.3. The maximum atomic E-state index is 10.7. The summed E-state index contributed by atoms with van der Waals surface area (Å²) < 4.78 is 0. The number of carbonyl (C=O) groups is 1. The molecule has 0 aliphatic carbocycles. The topological polar surface area (TPSA) is 54.0 Å². The van der Waals surface area contributed by atoms with Crippen LogP contribution in [0.5, 0.6) is 0 Å². The van der Waals surface area contributed by atoms with Crippen LogP contribution in [0.3, 0.4) is 0 Å². The number of nitrogens with zero attached hydrogens (tertiary/aromatic N) is 1. The number of aryl methyl sites for hydroxylation is 2. The molecule has 4 nitrogen and oxygen atoms in total. The van der Waals surface area contributed by atoms with Crippen LogP contribution in [-0.4, -0.2) is 24.0 Å². The van der Waals surface area contributed by atoms with Crippen LogP contribution in [-0.2, 0) is 4.79 Å². The molecule has 0 fully saturated rings. The average Bonchev–Trinajstić information content (AvgIpc) is 2.52. The molecular weight excluding hydrogens is 222 g/mol. The van der Waals surface area contributed by atoms with Crippen LogP contribution in [0, 0.1) is 13.8 Å². The molecule has 2 N–H and O–H groups in total. The second-order valence-electron chi connectivity index (χ2n) is 3.84. The maximum Gasteiger partial charge on any atom is 0.216 e. The van der Waals surface area contributed by atoms with Gasteiger partial charge in [0.05, 0.1) is 10.7 Å². The monoisotopic (exact) mass is 241 g/mol. The van der Waals surface area contributed by atoms with Crippen molar-refractivity contribution in [2.45, 2.75) is 33.7 Å². The van der Waals surface area contributed by atoms with Gasteiger partial charge in [-0.1, -0.05) is 0 Å². The third-order valence-electron chi connectivity index (χ3n) is 2.28. The molecule has 1 aromatic rings. The first-order valence-corrected chi connectivity index (χ1v) is 6.24. The molecule has 0 saturated carbocycles. The molecule has 16 heavy (non-hydrogen) atoms. The van der Waals surface area contributed by atoms with Gasteiger partial charge in [-0.15, -0.1) is 11.3 Å². The highest BCUT2D eigenvalue weighted by molar-refractivity contribution is 7.11. The van der Waals surface area contributed by atoms with Crippen molar-refractivity contribution >= 4 is 17.2 Å². The molecule has 1 rings (SSSR count). The van der Waals surface area contributed by atoms with Crippen LogP contribution in [0.25, 0.3) is 0 Å². The van der Waals surface area contributed by atoms with E-state index in [0.29, 0.717) is 12.6 Å². The Kier molecular flexibility index (Phi) is 4.89. The van der Waals surface area contributed by atoms with Gasteiger partial charge in [0.15, 0.2) is 0 Å². The Bertz CT molecular complexity index is 362. The molecule has 1 aromatic heterocycles. The molecule has 1 amide bonds. The SMILES string of the molecule is CC(=O)NCCNC(C)c1sc(C)nc1C. The predicted molar refractivity (Wildman–Crippen MR) is 66.7 cm³/mol. The van der Waals surface area contributed by atoms with Crippen LogP contribution in [0.2, 0.25) is 0 Å². The summed E-state index contributed by atoms with van der Waals surface area (Å²) in [6.07, 6.45) is 0. The van der Waals surface area contributed by atoms with E-state index in [4.69, 9.17) is 0 Å². The molecular formula is C11H19N3OS. The summed E-state index contributed by atoms with van der Waals surface area (Å²) in [5, 5.41) is 7.22. The number of thiazole rings is 1. The summed E-state index contributed by atoms with van der Waals surface area (Å²) in [5.41, 5.74) is 1.10. The number of aromatic nitrogens is 1. The second-order valence-corrected chi connectivity index (χ2v) is 5.08. The van der Waals surface area contributed by atoms with Crippen molar-refractivity contribution in [3.63, 3.8) is 0 Å². The lowest BCUT2D eigenvalue weighted by Gasteiger charge is -2.12. The summed E-state index contributed by atoms with van der Waals surface area (Å²) in [7, 11) is 0. The molecule has 0 aliphatic heterocycles. The lowest BCUT2D eigenvalue weighted by Crippen LogP contribution is -2.31. The lowest BCUT2D eigenvalue weighted by atomic mass is 10.2. The van der Waals surface area contributed by atoms with Gasteiger partial charge in [-0.2, -0.15) is 0 Å². The summed E-state index contributed by atoms with van der Waals surface area (Å²) in [6, 6.07) is 0.292. The van der Waals surface area contributed by atoms with Crippen LogP contribution < -0.4 is 10.6 Å². The maximum absolute atomic E-state index is 10.7. The van der Waals surface area contributed by atoms with Gasteiger partial charge in [-0.25, -0.2) is 4.98 Å². The van der Waals surface area contributed by atoms with Gasteiger partial charge in [0.25, 0.3) is 0 Å². The summed E-state index contributed by atoms with van der Waals surface area (Å²) in [5.74, 6) is 0.0132. The Morgan fingerprint density at radius 2 is 2.12 bits per heavy atom. The van der Waals surface area contributed by atoms with Gasteiger partial charge in [0.1, 0.15) is 0 Å². The van der Waals surface area contributed by atoms with Crippen molar-refractivity contribution < 1.29 is 4.79 Å². The molecule has 1 heterocycles. The van der Waals surface area contributed by atoms with Gasteiger partial charge in [-0.3, -0.25) is 4.79 Å². The predicted octanol–water partition coefficient (Wildman–Crippen LogP) is 1.55. The number of nitrogens with one attached hydrogen (secondary N) is 2. The first-order valence-electron chi connectivity index (χ1n) is 5.42. The van der Waals surface area contributed by atoms with E-state index in [1.54, 1.807) is 11.3 Å². The Balaban J connectivity index is 2.38. The quantitative estimate of drug-likeness (QED) is 0.769. The molecule has 0 spiro atoms. The van der Waals surface area contributed by atoms with E-state index < -0.39 is 0 Å². The molecule has 0 aliphatic rings. The van der Waals surface area contributed by atoms with Gasteiger partial charge in [-0.05, 0) is 20.8 Å². The number of hydrogen-bond acceptors (Lipinski definition) is 4. The third-order valence-corrected chi connectivity index (χ3v) is 3.54. The minimum atomic E-state index is 0.0132. The Labute approximate surface area is 100 Å². The molecule has 0 bridgehead atoms. The van der Waals surface area contributed by atoms with Crippen LogP contribution in [0.4, 0.5) is 0 Å². The molecule has 1 atom stereocenters. The van der Waals surface area contributed by atoms with Gasteiger partial charge >= 0.3 is 0 Å². The van der Waals surface area contributed by atoms with Gasteiger partial charge < -0.3 is 10.6 Å². The first kappa shape index (κ1) is 13.1. The van der Waals surface area contributed by atoms with E-state index in [0.717, 1.165) is 17.2 Å². The molecule has 1 unspecified atom stereocenters. The summed E-state index contributed by atoms with van der Waals surface area (Å²) in [4.78, 5) is 16.3. The molecule has 0 saturated heterocycles. The summed E-state index contributed by atoms with van der Waals surface area (Å²) in [6.45, 7) is 9.14. The van der Waals surface area contributed by atoms with Crippen molar-refractivity contribution in [1.29, 1.82) is 0 Å². The normalized spacial score (nSPS) is 12.5. The fraction of sp³-hybridized carbons (Fsp3) is 0.636. The fourth-order valence-electron chi connectivity index (χ4n) is 1.57. The van der Waals surface area contributed by atoms with Gasteiger partial charge in [0.2, 0.25) is 5.91 Å². The van der Waals surface area contributed by atoms with Crippen LogP contribution in [0.15, 0.2) is 0 Å². The molecule has 90 valence electrons. The highest BCUT2D eigenvalue weighted by Crippen LogP contribution is 2.23. The Morgan fingerprint density at radius 3 is 2.62 bits per heavy atom. The Morgan fingerprint density at radius 1 is 1.44 bits per heavy atom. The molecule has 0 aromatic carbocycles. The highest BCUT2D eigenvalue weighted by Gasteiger charge is 2.11. The standard InChI is InChI=1S/C11H19N3OS/c1-7(12-5-6-13-9(3)15)11-8(2)14-10(4)16-11/h7,12H,5-6H2,1-4H3,(H,13,15). The number of hydrogen-bond donors (Lipinski definition) is 2. The summed E-state index contributed by atoms with van der Waals surface area (Å²) >= 11 is 1.73. The van der Waals surface area contributed by atoms with Crippen LogP contribution in [0.1, 0.15) is 35.5 Å². The van der Waals surface area contributed by atoms with Crippen molar-refractivity contribution in [3.05, 3.63) is 15.6 Å². The lowest BCUT2D eigenvalue weighted by molar-refractivity contribution is -0.118. The van der Waals surface area contributed by atoms with E-state index in [2.05, 4.69) is 22.5 Å². The van der Waals surface area contributed by atoms with E-state index in [9.17, 15) is 4.79 Å². The fourth-order valence-corrected chi connectivity index (χ4v) is 2.52. The first-order chi connectivity index (χ1) is 7.50. The minimum Gasteiger partial charge on any atom is -0.355 e. The van der Waals surface area contributed by atoms with E-state index in [-0.39, 0.29) is 5.91 Å². The highest BCUT2D eigenvalue weighted by atomic mass is 32.1. The Hall–Kier alpha value is -0.940. The average molecular weight is 241 g/mol. The smallest absolute Gasteiger partial charge is 0.216 e.